The Bertz CT molecular complexity index is 351. The molecule has 1 heterocycles. The fourth-order valence-electron chi connectivity index (χ4n) is 3.78. The van der Waals surface area contributed by atoms with Gasteiger partial charge in [-0.3, -0.25) is 0 Å². The number of carbonyl (C=O) groups excluding carboxylic acids is 1. The summed E-state index contributed by atoms with van der Waals surface area (Å²) in [6.07, 6.45) is 6.56. The molecule has 1 aliphatic carbocycles. The Morgan fingerprint density at radius 1 is 1.27 bits per heavy atom. The van der Waals surface area contributed by atoms with Crippen molar-refractivity contribution < 1.29 is 9.90 Å². The summed E-state index contributed by atoms with van der Waals surface area (Å²) in [5, 5.41) is 13.0. The molecule has 2 N–H and O–H groups in total. The van der Waals surface area contributed by atoms with Gasteiger partial charge >= 0.3 is 6.03 Å². The average Bonchev–Trinajstić information content (AvgIpc) is 2.49. The van der Waals surface area contributed by atoms with Crippen molar-refractivity contribution in [3.05, 3.63) is 0 Å². The maximum atomic E-state index is 12.1. The number of nitrogens with zero attached hydrogens (tertiary/aromatic N) is 2. The zero-order valence-corrected chi connectivity index (χ0v) is 14.3. The van der Waals surface area contributed by atoms with Crippen LogP contribution in [0.4, 0.5) is 4.79 Å². The van der Waals surface area contributed by atoms with Gasteiger partial charge in [0, 0.05) is 39.1 Å². The van der Waals surface area contributed by atoms with Gasteiger partial charge in [-0.1, -0.05) is 19.8 Å². The van der Waals surface area contributed by atoms with E-state index in [1.807, 2.05) is 7.05 Å². The molecule has 5 heteroatoms. The predicted molar refractivity (Wildman–Crippen MR) is 88.8 cm³/mol. The van der Waals surface area contributed by atoms with Gasteiger partial charge in [0.2, 0.25) is 0 Å². The first-order chi connectivity index (χ1) is 10.6. The summed E-state index contributed by atoms with van der Waals surface area (Å²) in [5.74, 6) is 1.02. The Kier molecular flexibility index (Phi) is 6.96. The molecule has 3 atom stereocenters. The molecular weight excluding hydrogens is 278 g/mol. The lowest BCUT2D eigenvalue weighted by Crippen LogP contribution is -2.46. The molecule has 1 saturated carbocycles. The minimum absolute atomic E-state index is 0.0113. The minimum Gasteiger partial charge on any atom is -0.393 e. The minimum atomic E-state index is -0.237. The number of hydrogen-bond donors (Lipinski definition) is 2. The van der Waals surface area contributed by atoms with Gasteiger partial charge < -0.3 is 20.2 Å². The standard InChI is InChI=1S/C17H33N3O2/c1-14-6-5-10-20(12-14)11-9-18-17(22)19(2)13-15-7-3-4-8-16(15)21/h14-16,21H,3-13H2,1-2H3,(H,18,22). The van der Waals surface area contributed by atoms with E-state index in [0.29, 0.717) is 13.1 Å². The van der Waals surface area contributed by atoms with E-state index in [4.69, 9.17) is 0 Å². The molecule has 2 aliphatic rings. The molecule has 1 saturated heterocycles. The lowest BCUT2D eigenvalue weighted by atomic mass is 9.86. The summed E-state index contributed by atoms with van der Waals surface area (Å²) in [7, 11) is 1.83. The molecule has 3 unspecified atom stereocenters. The third kappa shape index (κ3) is 5.43. The van der Waals surface area contributed by atoms with E-state index in [2.05, 4.69) is 17.1 Å². The first kappa shape index (κ1) is 17.5. The highest BCUT2D eigenvalue weighted by Gasteiger charge is 2.25. The molecule has 0 aromatic rings. The van der Waals surface area contributed by atoms with E-state index in [1.165, 1.54) is 19.3 Å². The van der Waals surface area contributed by atoms with Crippen molar-refractivity contribution in [1.82, 2.24) is 15.1 Å². The molecule has 0 radical (unpaired) electrons. The molecule has 0 aromatic carbocycles. The molecule has 5 nitrogen and oxygen atoms in total. The summed E-state index contributed by atoms with van der Waals surface area (Å²) in [6.45, 7) is 6.92. The van der Waals surface area contributed by atoms with Crippen LogP contribution in [-0.2, 0) is 0 Å². The van der Waals surface area contributed by atoms with Gasteiger partial charge in [-0.2, -0.15) is 0 Å². The second-order valence-corrected chi connectivity index (χ2v) is 7.27. The van der Waals surface area contributed by atoms with E-state index in [1.54, 1.807) is 4.90 Å². The van der Waals surface area contributed by atoms with Crippen LogP contribution in [0.2, 0.25) is 0 Å². The lowest BCUT2D eigenvalue weighted by Gasteiger charge is -2.32. The molecule has 128 valence electrons. The van der Waals surface area contributed by atoms with E-state index < -0.39 is 0 Å². The van der Waals surface area contributed by atoms with Gasteiger partial charge in [0.25, 0.3) is 0 Å². The van der Waals surface area contributed by atoms with Crippen molar-refractivity contribution in [2.75, 3.05) is 39.8 Å². The number of likely N-dealkylation sites (tertiary alicyclic amines) is 1. The maximum absolute atomic E-state index is 12.1. The summed E-state index contributed by atoms with van der Waals surface area (Å²) in [4.78, 5) is 16.3. The Labute approximate surface area is 135 Å². The largest absolute Gasteiger partial charge is 0.393 e. The van der Waals surface area contributed by atoms with Gasteiger partial charge in [0.15, 0.2) is 0 Å². The summed E-state index contributed by atoms with van der Waals surface area (Å²) in [5.41, 5.74) is 0. The third-order valence-electron chi connectivity index (χ3n) is 5.17. The van der Waals surface area contributed by atoms with Crippen molar-refractivity contribution in [3.63, 3.8) is 0 Å². The number of rotatable bonds is 5. The molecule has 2 rings (SSSR count). The number of nitrogens with one attached hydrogen (secondary N) is 1. The molecule has 0 aromatic heterocycles. The molecule has 1 aliphatic heterocycles. The van der Waals surface area contributed by atoms with Crippen molar-refractivity contribution >= 4 is 6.03 Å². The SMILES string of the molecule is CC1CCCN(CCNC(=O)N(C)CC2CCCCC2O)C1. The molecule has 0 spiro atoms. The van der Waals surface area contributed by atoms with E-state index in [0.717, 1.165) is 44.8 Å². The highest BCUT2D eigenvalue weighted by Crippen LogP contribution is 2.24. The second kappa shape index (κ2) is 8.73. The predicted octanol–water partition coefficient (Wildman–Crippen LogP) is 1.91. The number of carbonyl (C=O) groups is 1. The summed E-state index contributed by atoms with van der Waals surface area (Å²) in [6, 6.07) is -0.0113. The van der Waals surface area contributed by atoms with Crippen LogP contribution < -0.4 is 5.32 Å². The molecular formula is C17H33N3O2. The number of hydrogen-bond acceptors (Lipinski definition) is 3. The topological polar surface area (TPSA) is 55.8 Å². The van der Waals surface area contributed by atoms with Gasteiger partial charge in [0.1, 0.15) is 0 Å². The van der Waals surface area contributed by atoms with Gasteiger partial charge in [-0.05, 0) is 38.1 Å². The summed E-state index contributed by atoms with van der Waals surface area (Å²) < 4.78 is 0. The van der Waals surface area contributed by atoms with E-state index in [9.17, 15) is 9.90 Å². The first-order valence-electron chi connectivity index (χ1n) is 8.95. The highest BCUT2D eigenvalue weighted by molar-refractivity contribution is 5.73. The number of urea groups is 1. The lowest BCUT2D eigenvalue weighted by molar-refractivity contribution is 0.0564. The average molecular weight is 311 g/mol. The molecule has 2 fully saturated rings. The zero-order valence-electron chi connectivity index (χ0n) is 14.3. The van der Waals surface area contributed by atoms with Crippen LogP contribution in [0.15, 0.2) is 0 Å². The van der Waals surface area contributed by atoms with Crippen LogP contribution in [0, 0.1) is 11.8 Å². The van der Waals surface area contributed by atoms with Gasteiger partial charge in [-0.25, -0.2) is 4.79 Å². The van der Waals surface area contributed by atoms with Crippen LogP contribution in [0.25, 0.3) is 0 Å². The fourth-order valence-corrected chi connectivity index (χ4v) is 3.78. The maximum Gasteiger partial charge on any atom is 0.317 e. The van der Waals surface area contributed by atoms with Crippen LogP contribution >= 0.6 is 0 Å². The molecule has 2 amide bonds. The van der Waals surface area contributed by atoms with Crippen molar-refractivity contribution in [3.8, 4) is 0 Å². The van der Waals surface area contributed by atoms with Crippen LogP contribution in [0.3, 0.4) is 0 Å². The summed E-state index contributed by atoms with van der Waals surface area (Å²) >= 11 is 0. The molecule has 0 bridgehead atoms. The number of amides is 2. The van der Waals surface area contributed by atoms with Crippen LogP contribution in [-0.4, -0.2) is 66.8 Å². The normalized spacial score (nSPS) is 30.0. The Hall–Kier alpha value is -0.810. The Morgan fingerprint density at radius 2 is 2.05 bits per heavy atom. The second-order valence-electron chi connectivity index (χ2n) is 7.27. The number of aliphatic hydroxyl groups is 1. The van der Waals surface area contributed by atoms with Crippen LogP contribution in [0.5, 0.6) is 0 Å². The van der Waals surface area contributed by atoms with Gasteiger partial charge in [-0.15, -0.1) is 0 Å². The van der Waals surface area contributed by atoms with Crippen molar-refractivity contribution in [2.24, 2.45) is 11.8 Å². The Balaban J connectivity index is 1.63. The highest BCUT2D eigenvalue weighted by atomic mass is 16.3. The smallest absolute Gasteiger partial charge is 0.317 e. The molecule has 22 heavy (non-hydrogen) atoms. The van der Waals surface area contributed by atoms with Gasteiger partial charge in [0.05, 0.1) is 6.10 Å². The zero-order chi connectivity index (χ0) is 15.9. The van der Waals surface area contributed by atoms with E-state index >= 15 is 0 Å². The quantitative estimate of drug-likeness (QED) is 0.815. The van der Waals surface area contributed by atoms with Crippen molar-refractivity contribution in [2.45, 2.75) is 51.6 Å². The van der Waals surface area contributed by atoms with E-state index in [-0.39, 0.29) is 18.1 Å². The van der Waals surface area contributed by atoms with Crippen molar-refractivity contribution in [1.29, 1.82) is 0 Å². The monoisotopic (exact) mass is 311 g/mol. The Morgan fingerprint density at radius 3 is 2.77 bits per heavy atom. The first-order valence-corrected chi connectivity index (χ1v) is 8.95. The fraction of sp³-hybridized carbons (Fsp3) is 0.941. The third-order valence-corrected chi connectivity index (χ3v) is 5.17. The number of aliphatic hydroxyl groups excluding tert-OH is 1. The number of piperidine rings is 1. The van der Waals surface area contributed by atoms with Crippen LogP contribution in [0.1, 0.15) is 45.4 Å².